The van der Waals surface area contributed by atoms with Gasteiger partial charge in [-0.15, -0.1) is 0 Å². The maximum absolute atomic E-state index is 12.9. The van der Waals surface area contributed by atoms with Crippen LogP contribution >= 0.6 is 0 Å². The first-order chi connectivity index (χ1) is 16.3. The highest BCUT2D eigenvalue weighted by molar-refractivity contribution is 5.95. The van der Waals surface area contributed by atoms with E-state index in [4.69, 9.17) is 17.2 Å². The van der Waals surface area contributed by atoms with Crippen LogP contribution in [-0.2, 0) is 35.2 Å². The number of aromatic amines is 1. The summed E-state index contributed by atoms with van der Waals surface area (Å²) in [4.78, 5) is 78.5. The van der Waals surface area contributed by atoms with Gasteiger partial charge >= 0.3 is 5.97 Å². The van der Waals surface area contributed by atoms with E-state index in [9.17, 15) is 33.9 Å². The summed E-state index contributed by atoms with van der Waals surface area (Å²) in [5, 5.41) is 16.2. The molecule has 0 saturated heterocycles. The second-order valence-electron chi connectivity index (χ2n) is 8.25. The molecule has 0 fully saturated rings. The lowest BCUT2D eigenvalue weighted by Gasteiger charge is -2.26. The van der Waals surface area contributed by atoms with E-state index in [-0.39, 0.29) is 19.3 Å². The Bertz CT molecular complexity index is 919. The molecule has 0 aliphatic rings. The van der Waals surface area contributed by atoms with E-state index < -0.39 is 72.0 Å². The number of hydrogen-bond donors (Lipinski definition) is 8. The van der Waals surface area contributed by atoms with Gasteiger partial charge in [0.05, 0.1) is 18.8 Å². The number of rotatable bonds is 15. The topological polar surface area (TPSA) is 265 Å². The van der Waals surface area contributed by atoms with Gasteiger partial charge in [-0.05, 0) is 12.3 Å². The minimum atomic E-state index is -1.64. The Morgan fingerprint density at radius 1 is 0.971 bits per heavy atom. The van der Waals surface area contributed by atoms with E-state index in [1.807, 2.05) is 0 Å². The Hall–Kier alpha value is -4.01. The summed E-state index contributed by atoms with van der Waals surface area (Å²) in [6.07, 6.45) is 1.83. The van der Waals surface area contributed by atoms with Crippen molar-refractivity contribution in [3.63, 3.8) is 0 Å². The van der Waals surface area contributed by atoms with Crippen molar-refractivity contribution in [2.45, 2.75) is 63.7 Å². The van der Waals surface area contributed by atoms with Crippen molar-refractivity contribution in [1.29, 1.82) is 0 Å². The van der Waals surface area contributed by atoms with Crippen molar-refractivity contribution >= 4 is 35.5 Å². The number of imidazole rings is 1. The first-order valence-corrected chi connectivity index (χ1v) is 10.7. The summed E-state index contributed by atoms with van der Waals surface area (Å²) in [5.74, 6) is -6.05. The van der Waals surface area contributed by atoms with Gasteiger partial charge in [-0.2, -0.15) is 0 Å². The number of carboxylic acid groups (broad SMARTS) is 1. The number of primary amides is 2. The standard InChI is InChI=1S/C20H32N8O7/c1-9(2)16(28-17(31)11(21)5-10-7-24-8-25-10)19(33)26-12(3-4-14(22)29)18(32)27-13(20(34)35)6-15(23)30/h7-9,11-13,16H,3-6,21H2,1-2H3,(H2,22,29)(H2,23,30)(H,24,25)(H,26,33)(H,27,32)(H,28,31)(H,34,35). The van der Waals surface area contributed by atoms with E-state index >= 15 is 0 Å². The molecule has 0 radical (unpaired) electrons. The Balaban J connectivity index is 2.94. The lowest BCUT2D eigenvalue weighted by molar-refractivity contribution is -0.144. The Labute approximate surface area is 200 Å². The fourth-order valence-electron chi connectivity index (χ4n) is 3.01. The zero-order chi connectivity index (χ0) is 26.7. The summed E-state index contributed by atoms with van der Waals surface area (Å²) in [6, 6.07) is -5.14. The molecule has 1 heterocycles. The van der Waals surface area contributed by atoms with Crippen LogP contribution in [0.25, 0.3) is 0 Å². The number of carbonyl (C=O) groups excluding carboxylic acids is 5. The number of carbonyl (C=O) groups is 6. The van der Waals surface area contributed by atoms with Gasteiger partial charge in [0.25, 0.3) is 0 Å². The monoisotopic (exact) mass is 496 g/mol. The van der Waals surface area contributed by atoms with Crippen LogP contribution in [0, 0.1) is 5.92 Å². The molecule has 0 bridgehead atoms. The van der Waals surface area contributed by atoms with Crippen molar-refractivity contribution in [3.05, 3.63) is 18.2 Å². The van der Waals surface area contributed by atoms with E-state index in [0.29, 0.717) is 5.69 Å². The van der Waals surface area contributed by atoms with Crippen molar-refractivity contribution in [1.82, 2.24) is 25.9 Å². The van der Waals surface area contributed by atoms with Gasteiger partial charge in [0.15, 0.2) is 0 Å². The van der Waals surface area contributed by atoms with E-state index in [0.717, 1.165) is 0 Å². The average molecular weight is 497 g/mol. The molecule has 194 valence electrons. The van der Waals surface area contributed by atoms with Gasteiger partial charge in [0.2, 0.25) is 29.5 Å². The SMILES string of the molecule is CC(C)C(NC(=O)C(N)Cc1cnc[nH]1)C(=O)NC(CCC(N)=O)C(=O)NC(CC(N)=O)C(=O)O. The summed E-state index contributed by atoms with van der Waals surface area (Å²) in [5.41, 5.74) is 16.7. The molecule has 0 aliphatic heterocycles. The van der Waals surface area contributed by atoms with E-state index in [1.165, 1.54) is 12.5 Å². The molecule has 5 amide bonds. The van der Waals surface area contributed by atoms with Gasteiger partial charge in [-0.1, -0.05) is 13.8 Å². The molecule has 1 aromatic heterocycles. The number of nitrogens with one attached hydrogen (secondary N) is 4. The highest BCUT2D eigenvalue weighted by Gasteiger charge is 2.32. The zero-order valence-corrected chi connectivity index (χ0v) is 19.4. The van der Waals surface area contributed by atoms with E-state index in [1.54, 1.807) is 13.8 Å². The molecule has 1 aromatic rings. The highest BCUT2D eigenvalue weighted by Crippen LogP contribution is 2.07. The van der Waals surface area contributed by atoms with Gasteiger partial charge in [-0.25, -0.2) is 9.78 Å². The first kappa shape index (κ1) is 29.0. The number of nitrogens with zero attached hydrogens (tertiary/aromatic N) is 1. The van der Waals surface area contributed by atoms with Gasteiger partial charge < -0.3 is 43.2 Å². The third-order valence-corrected chi connectivity index (χ3v) is 4.91. The molecule has 0 spiro atoms. The predicted octanol–water partition coefficient (Wildman–Crippen LogP) is -3.38. The van der Waals surface area contributed by atoms with Crippen LogP contribution in [0.2, 0.25) is 0 Å². The average Bonchev–Trinajstić information content (AvgIpc) is 3.26. The molecule has 4 unspecified atom stereocenters. The predicted molar refractivity (Wildman–Crippen MR) is 121 cm³/mol. The van der Waals surface area contributed by atoms with Crippen molar-refractivity contribution in [2.24, 2.45) is 23.1 Å². The lowest BCUT2D eigenvalue weighted by Crippen LogP contribution is -2.58. The molecule has 15 heteroatoms. The Morgan fingerprint density at radius 2 is 1.60 bits per heavy atom. The number of aliphatic carboxylic acids is 1. The number of H-pyrrole nitrogens is 1. The second kappa shape index (κ2) is 13.6. The van der Waals surface area contributed by atoms with Crippen LogP contribution in [0.3, 0.4) is 0 Å². The molecule has 11 N–H and O–H groups in total. The van der Waals surface area contributed by atoms with Gasteiger partial charge in [0.1, 0.15) is 18.1 Å². The summed E-state index contributed by atoms with van der Waals surface area (Å²) < 4.78 is 0. The molecule has 0 saturated carbocycles. The highest BCUT2D eigenvalue weighted by atomic mass is 16.4. The number of aromatic nitrogens is 2. The van der Waals surface area contributed by atoms with Crippen molar-refractivity contribution in [2.75, 3.05) is 0 Å². The fraction of sp³-hybridized carbons (Fsp3) is 0.550. The molecule has 0 aliphatic carbocycles. The maximum Gasteiger partial charge on any atom is 0.326 e. The smallest absolute Gasteiger partial charge is 0.326 e. The molecule has 4 atom stereocenters. The largest absolute Gasteiger partial charge is 0.480 e. The fourth-order valence-corrected chi connectivity index (χ4v) is 3.01. The van der Waals surface area contributed by atoms with Crippen LogP contribution in [0.15, 0.2) is 12.5 Å². The van der Waals surface area contributed by atoms with E-state index in [2.05, 4.69) is 25.9 Å². The van der Waals surface area contributed by atoms with Crippen molar-refractivity contribution in [3.8, 4) is 0 Å². The number of hydrogen-bond acceptors (Lipinski definition) is 8. The number of amides is 5. The van der Waals surface area contributed by atoms with Crippen LogP contribution in [0.4, 0.5) is 0 Å². The van der Waals surface area contributed by atoms with Gasteiger partial charge in [0, 0.05) is 24.7 Å². The zero-order valence-electron chi connectivity index (χ0n) is 19.4. The minimum absolute atomic E-state index is 0.137. The second-order valence-corrected chi connectivity index (χ2v) is 8.25. The minimum Gasteiger partial charge on any atom is -0.480 e. The summed E-state index contributed by atoms with van der Waals surface area (Å²) in [7, 11) is 0. The van der Waals surface area contributed by atoms with Crippen LogP contribution in [-0.4, -0.2) is 74.7 Å². The van der Waals surface area contributed by atoms with Gasteiger partial charge in [-0.3, -0.25) is 24.0 Å². The Kier molecular flexibility index (Phi) is 11.3. The lowest BCUT2D eigenvalue weighted by atomic mass is 10.0. The first-order valence-electron chi connectivity index (χ1n) is 10.7. The third kappa shape index (κ3) is 10.2. The quantitative estimate of drug-likeness (QED) is 0.120. The summed E-state index contributed by atoms with van der Waals surface area (Å²) in [6.45, 7) is 3.30. The summed E-state index contributed by atoms with van der Waals surface area (Å²) >= 11 is 0. The normalized spacial score (nSPS) is 14.3. The molecule has 15 nitrogen and oxygen atoms in total. The van der Waals surface area contributed by atoms with Crippen LogP contribution < -0.4 is 33.2 Å². The molecule has 0 aromatic carbocycles. The Morgan fingerprint density at radius 3 is 2.09 bits per heavy atom. The number of carboxylic acids is 1. The molecular weight excluding hydrogens is 464 g/mol. The van der Waals surface area contributed by atoms with Crippen molar-refractivity contribution < 1.29 is 33.9 Å². The molecular formula is C20H32N8O7. The number of nitrogens with two attached hydrogens (primary N) is 3. The molecule has 1 rings (SSSR count). The molecule has 35 heavy (non-hydrogen) atoms. The third-order valence-electron chi connectivity index (χ3n) is 4.91. The maximum atomic E-state index is 12.9. The van der Waals surface area contributed by atoms with Crippen LogP contribution in [0.1, 0.15) is 38.8 Å². The van der Waals surface area contributed by atoms with Crippen LogP contribution in [0.5, 0.6) is 0 Å².